The van der Waals surface area contributed by atoms with E-state index in [9.17, 15) is 26.7 Å². The summed E-state index contributed by atoms with van der Waals surface area (Å²) in [4.78, 5) is 10.8. The molecule has 0 aliphatic heterocycles. The lowest BCUT2D eigenvalue weighted by atomic mass is 10.0. The molecule has 0 fully saturated rings. The number of hydrogen-bond acceptors (Lipinski definition) is 1. The second kappa shape index (κ2) is 5.32. The van der Waals surface area contributed by atoms with Gasteiger partial charge in [-0.15, -0.1) is 0 Å². The van der Waals surface area contributed by atoms with E-state index in [0.29, 0.717) is 6.07 Å². The maximum absolute atomic E-state index is 12.9. The molecule has 0 bridgehead atoms. The summed E-state index contributed by atoms with van der Waals surface area (Å²) in [6.45, 7) is 1.03. The van der Waals surface area contributed by atoms with Gasteiger partial charge in [0, 0.05) is 13.0 Å². The Morgan fingerprint density at radius 3 is 2.11 bits per heavy atom. The molecule has 7 heteroatoms. The van der Waals surface area contributed by atoms with Crippen molar-refractivity contribution in [2.75, 3.05) is 0 Å². The van der Waals surface area contributed by atoms with Crippen LogP contribution >= 0.6 is 0 Å². The van der Waals surface area contributed by atoms with Crippen molar-refractivity contribution in [1.82, 2.24) is 5.32 Å². The zero-order valence-electron chi connectivity index (χ0n) is 9.31. The van der Waals surface area contributed by atoms with Gasteiger partial charge in [0.2, 0.25) is 5.91 Å². The third kappa shape index (κ3) is 4.68. The third-order valence-corrected chi connectivity index (χ3v) is 2.10. The third-order valence-electron chi connectivity index (χ3n) is 2.10. The molecule has 18 heavy (non-hydrogen) atoms. The van der Waals surface area contributed by atoms with Gasteiger partial charge in [0.15, 0.2) is 0 Å². The molecule has 2 nitrogen and oxygen atoms in total. The second-order valence-electron chi connectivity index (χ2n) is 3.78. The number of nitrogens with one attached hydrogen (secondary N) is 1. The van der Waals surface area contributed by atoms with Crippen molar-refractivity contribution in [1.29, 1.82) is 0 Å². The highest BCUT2D eigenvalue weighted by Crippen LogP contribution is 2.30. The molecule has 100 valence electrons. The number of hydrogen-bond donors (Lipinski definition) is 1. The minimum atomic E-state index is -4.56. The first-order valence-corrected chi connectivity index (χ1v) is 4.97. The summed E-state index contributed by atoms with van der Waals surface area (Å²) in [5.74, 6) is -2.71. The molecular formula is C11H10F5NO. The molecule has 1 aromatic carbocycles. The Bertz CT molecular complexity index is 423. The molecule has 0 aliphatic carbocycles. The Labute approximate surface area is 99.8 Å². The Morgan fingerprint density at radius 1 is 1.22 bits per heavy atom. The normalized spacial score (nSPS) is 13.2. The van der Waals surface area contributed by atoms with E-state index in [2.05, 4.69) is 0 Å². The molecule has 1 atom stereocenters. The Balaban J connectivity index is 3.04. The van der Waals surface area contributed by atoms with Crippen LogP contribution in [0, 0.1) is 11.6 Å². The minimum absolute atomic E-state index is 0.264. The highest BCUT2D eigenvalue weighted by atomic mass is 19.4. The zero-order chi connectivity index (χ0) is 13.9. The van der Waals surface area contributed by atoms with Crippen LogP contribution in [0.3, 0.4) is 0 Å². The standard InChI is InChI=1S/C11H10F5NO/c1-6(18)17-10(5-11(14,15)16)7-2-8(12)4-9(13)3-7/h2-4,10H,5H2,1H3,(H,17,18). The molecule has 0 saturated heterocycles. The van der Waals surface area contributed by atoms with Crippen molar-refractivity contribution in [3.05, 3.63) is 35.4 Å². The molecule has 0 radical (unpaired) electrons. The first kappa shape index (κ1) is 14.4. The summed E-state index contributed by atoms with van der Waals surface area (Å²) < 4.78 is 62.8. The molecule has 1 amide bonds. The van der Waals surface area contributed by atoms with Gasteiger partial charge in [-0.2, -0.15) is 13.2 Å². The van der Waals surface area contributed by atoms with Crippen LogP contribution in [0.2, 0.25) is 0 Å². The predicted molar refractivity (Wildman–Crippen MR) is 53.6 cm³/mol. The van der Waals surface area contributed by atoms with Gasteiger partial charge in [0.05, 0.1) is 12.5 Å². The molecule has 1 rings (SSSR count). The highest BCUT2D eigenvalue weighted by molar-refractivity contribution is 5.73. The maximum atomic E-state index is 12.9. The fraction of sp³-hybridized carbons (Fsp3) is 0.364. The fourth-order valence-corrected chi connectivity index (χ4v) is 1.51. The van der Waals surface area contributed by atoms with Gasteiger partial charge in [0.1, 0.15) is 11.6 Å². The highest BCUT2D eigenvalue weighted by Gasteiger charge is 2.33. The van der Waals surface area contributed by atoms with Gasteiger partial charge in [-0.1, -0.05) is 0 Å². The largest absolute Gasteiger partial charge is 0.391 e. The van der Waals surface area contributed by atoms with E-state index in [1.807, 2.05) is 5.32 Å². The van der Waals surface area contributed by atoms with Gasteiger partial charge < -0.3 is 5.32 Å². The molecule has 1 N–H and O–H groups in total. The van der Waals surface area contributed by atoms with E-state index in [1.165, 1.54) is 0 Å². The van der Waals surface area contributed by atoms with Gasteiger partial charge in [-0.05, 0) is 17.7 Å². The molecule has 1 unspecified atom stereocenters. The van der Waals surface area contributed by atoms with Crippen LogP contribution in [0.5, 0.6) is 0 Å². The van der Waals surface area contributed by atoms with Crippen LogP contribution < -0.4 is 5.32 Å². The summed E-state index contributed by atoms with van der Waals surface area (Å²) in [6.07, 6.45) is -5.95. The van der Waals surface area contributed by atoms with Gasteiger partial charge in [-0.3, -0.25) is 4.79 Å². The summed E-state index contributed by atoms with van der Waals surface area (Å²) in [6, 6.07) is 0.556. The number of carbonyl (C=O) groups is 1. The lowest BCUT2D eigenvalue weighted by molar-refractivity contribution is -0.142. The first-order chi connectivity index (χ1) is 8.17. The number of rotatable bonds is 3. The van der Waals surface area contributed by atoms with Crippen LogP contribution in [-0.2, 0) is 4.79 Å². The smallest absolute Gasteiger partial charge is 0.349 e. The van der Waals surface area contributed by atoms with Gasteiger partial charge in [-0.25, -0.2) is 8.78 Å². The van der Waals surface area contributed by atoms with E-state index >= 15 is 0 Å². The summed E-state index contributed by atoms with van der Waals surface area (Å²) >= 11 is 0. The van der Waals surface area contributed by atoms with Crippen LogP contribution in [0.15, 0.2) is 18.2 Å². The average molecular weight is 267 g/mol. The Morgan fingerprint density at radius 2 is 1.72 bits per heavy atom. The molecule has 0 aliphatic rings. The topological polar surface area (TPSA) is 29.1 Å². The van der Waals surface area contributed by atoms with Crippen LogP contribution in [0.25, 0.3) is 0 Å². The number of halogens is 5. The molecule has 0 spiro atoms. The summed E-state index contributed by atoms with van der Waals surface area (Å²) in [5.41, 5.74) is -0.264. The Hall–Kier alpha value is -1.66. The van der Waals surface area contributed by atoms with Crippen LogP contribution in [0.4, 0.5) is 22.0 Å². The average Bonchev–Trinajstić information content (AvgIpc) is 2.11. The lowest BCUT2D eigenvalue weighted by Crippen LogP contribution is -2.30. The molecule has 0 heterocycles. The quantitative estimate of drug-likeness (QED) is 0.838. The number of benzene rings is 1. The van der Waals surface area contributed by atoms with E-state index < -0.39 is 36.2 Å². The predicted octanol–water partition coefficient (Wildman–Crippen LogP) is 3.09. The molecular weight excluding hydrogens is 257 g/mol. The summed E-state index contributed by atoms with van der Waals surface area (Å²) in [7, 11) is 0. The number of amides is 1. The zero-order valence-corrected chi connectivity index (χ0v) is 9.31. The lowest BCUT2D eigenvalue weighted by Gasteiger charge is -2.20. The summed E-state index contributed by atoms with van der Waals surface area (Å²) in [5, 5.41) is 2.01. The Kier molecular flexibility index (Phi) is 4.26. The van der Waals surface area contributed by atoms with E-state index in [0.717, 1.165) is 19.1 Å². The van der Waals surface area contributed by atoms with Crippen molar-refractivity contribution < 1.29 is 26.7 Å². The maximum Gasteiger partial charge on any atom is 0.391 e. The first-order valence-electron chi connectivity index (χ1n) is 4.97. The van der Waals surface area contributed by atoms with Crippen molar-refractivity contribution in [3.63, 3.8) is 0 Å². The number of alkyl halides is 3. The number of carbonyl (C=O) groups excluding carboxylic acids is 1. The fourth-order valence-electron chi connectivity index (χ4n) is 1.51. The van der Waals surface area contributed by atoms with Gasteiger partial charge in [0.25, 0.3) is 0 Å². The van der Waals surface area contributed by atoms with Crippen molar-refractivity contribution >= 4 is 5.91 Å². The van der Waals surface area contributed by atoms with Crippen LogP contribution in [0.1, 0.15) is 24.9 Å². The van der Waals surface area contributed by atoms with E-state index in [1.54, 1.807) is 0 Å². The van der Waals surface area contributed by atoms with Crippen molar-refractivity contribution in [3.8, 4) is 0 Å². The van der Waals surface area contributed by atoms with E-state index in [4.69, 9.17) is 0 Å². The van der Waals surface area contributed by atoms with E-state index in [-0.39, 0.29) is 5.56 Å². The monoisotopic (exact) mass is 267 g/mol. The minimum Gasteiger partial charge on any atom is -0.349 e. The van der Waals surface area contributed by atoms with Crippen molar-refractivity contribution in [2.24, 2.45) is 0 Å². The van der Waals surface area contributed by atoms with Crippen LogP contribution in [-0.4, -0.2) is 12.1 Å². The molecule has 1 aromatic rings. The van der Waals surface area contributed by atoms with Gasteiger partial charge >= 0.3 is 6.18 Å². The molecule has 0 aromatic heterocycles. The van der Waals surface area contributed by atoms with Crippen molar-refractivity contribution in [2.45, 2.75) is 25.6 Å². The second-order valence-corrected chi connectivity index (χ2v) is 3.78. The SMILES string of the molecule is CC(=O)NC(CC(F)(F)F)c1cc(F)cc(F)c1. The molecule has 0 saturated carbocycles.